The van der Waals surface area contributed by atoms with Gasteiger partial charge in [-0.3, -0.25) is 4.79 Å². The third-order valence-corrected chi connectivity index (χ3v) is 2.32. The lowest BCUT2D eigenvalue weighted by Crippen LogP contribution is -2.20. The standard InChI is InChI=1S/C9H9ClN2O/c10-6-3-5-1-2-8(13)12-9(5)7(11)4-6/h3-4H,1-2,11H2,(H,12,13). The van der Waals surface area contributed by atoms with Crippen LogP contribution in [-0.2, 0) is 11.2 Å². The van der Waals surface area contributed by atoms with E-state index in [1.807, 2.05) is 6.07 Å². The van der Waals surface area contributed by atoms with Crippen molar-refractivity contribution in [1.82, 2.24) is 0 Å². The predicted octanol–water partition coefficient (Wildman–Crippen LogP) is 1.81. The molecule has 68 valence electrons. The molecule has 13 heavy (non-hydrogen) atoms. The van der Waals surface area contributed by atoms with E-state index in [1.54, 1.807) is 6.07 Å². The Morgan fingerprint density at radius 3 is 2.92 bits per heavy atom. The lowest BCUT2D eigenvalue weighted by Gasteiger charge is -2.18. The topological polar surface area (TPSA) is 55.1 Å². The molecule has 0 bridgehead atoms. The summed E-state index contributed by atoms with van der Waals surface area (Å²) in [6, 6.07) is 3.48. The number of anilines is 2. The number of carbonyl (C=O) groups is 1. The van der Waals surface area contributed by atoms with Crippen LogP contribution < -0.4 is 11.1 Å². The molecule has 4 heteroatoms. The Balaban J connectivity index is 2.53. The van der Waals surface area contributed by atoms with E-state index in [4.69, 9.17) is 17.3 Å². The van der Waals surface area contributed by atoms with Crippen molar-refractivity contribution in [3.05, 3.63) is 22.7 Å². The van der Waals surface area contributed by atoms with Crippen LogP contribution in [0.3, 0.4) is 0 Å². The van der Waals surface area contributed by atoms with Crippen LogP contribution in [0.25, 0.3) is 0 Å². The summed E-state index contributed by atoms with van der Waals surface area (Å²) < 4.78 is 0. The Morgan fingerprint density at radius 2 is 2.15 bits per heavy atom. The van der Waals surface area contributed by atoms with E-state index in [2.05, 4.69) is 5.32 Å². The van der Waals surface area contributed by atoms with Crippen LogP contribution >= 0.6 is 11.6 Å². The number of nitrogens with two attached hydrogens (primary N) is 1. The fraction of sp³-hybridized carbons (Fsp3) is 0.222. The molecule has 0 unspecified atom stereocenters. The molecule has 1 aromatic rings. The predicted molar refractivity (Wildman–Crippen MR) is 52.8 cm³/mol. The summed E-state index contributed by atoms with van der Waals surface area (Å²) in [5, 5.41) is 3.35. The van der Waals surface area contributed by atoms with Crippen LogP contribution in [0.4, 0.5) is 11.4 Å². The van der Waals surface area contributed by atoms with Crippen LogP contribution in [0, 0.1) is 0 Å². The highest BCUT2D eigenvalue weighted by atomic mass is 35.5. The van der Waals surface area contributed by atoms with Gasteiger partial charge in [0.25, 0.3) is 0 Å². The lowest BCUT2D eigenvalue weighted by atomic mass is 10.0. The van der Waals surface area contributed by atoms with Gasteiger partial charge in [0, 0.05) is 11.4 Å². The van der Waals surface area contributed by atoms with E-state index in [1.165, 1.54) is 0 Å². The molecule has 0 spiro atoms. The number of halogens is 1. The van der Waals surface area contributed by atoms with Crippen LogP contribution in [0.5, 0.6) is 0 Å². The largest absolute Gasteiger partial charge is 0.397 e. The molecule has 1 aromatic carbocycles. The average molecular weight is 197 g/mol. The molecule has 0 aliphatic carbocycles. The highest BCUT2D eigenvalue weighted by Crippen LogP contribution is 2.31. The number of nitrogen functional groups attached to an aromatic ring is 1. The van der Waals surface area contributed by atoms with Gasteiger partial charge in [-0.15, -0.1) is 0 Å². The van der Waals surface area contributed by atoms with E-state index in [-0.39, 0.29) is 5.91 Å². The van der Waals surface area contributed by atoms with Crippen LogP contribution in [0.1, 0.15) is 12.0 Å². The summed E-state index contributed by atoms with van der Waals surface area (Å²) in [7, 11) is 0. The first-order valence-corrected chi connectivity index (χ1v) is 4.42. The second kappa shape index (κ2) is 2.92. The first-order valence-electron chi connectivity index (χ1n) is 4.04. The smallest absolute Gasteiger partial charge is 0.224 e. The Kier molecular flexibility index (Phi) is 1.88. The minimum Gasteiger partial charge on any atom is -0.397 e. The van der Waals surface area contributed by atoms with Crippen molar-refractivity contribution in [2.24, 2.45) is 0 Å². The fourth-order valence-corrected chi connectivity index (χ4v) is 1.74. The minimum atomic E-state index is 0.0153. The Labute approximate surface area is 80.9 Å². The Hall–Kier alpha value is -1.22. The Morgan fingerprint density at radius 1 is 1.38 bits per heavy atom. The van der Waals surface area contributed by atoms with Gasteiger partial charge in [-0.25, -0.2) is 0 Å². The highest BCUT2D eigenvalue weighted by molar-refractivity contribution is 6.31. The minimum absolute atomic E-state index is 0.0153. The summed E-state index contributed by atoms with van der Waals surface area (Å²) in [6.07, 6.45) is 1.22. The number of hydrogen-bond donors (Lipinski definition) is 2. The second-order valence-corrected chi connectivity index (χ2v) is 3.51. The van der Waals surface area contributed by atoms with Crippen LogP contribution in [0.15, 0.2) is 12.1 Å². The first kappa shape index (κ1) is 8.38. The van der Waals surface area contributed by atoms with Gasteiger partial charge >= 0.3 is 0 Å². The van der Waals surface area contributed by atoms with Gasteiger partial charge in [-0.05, 0) is 24.1 Å². The van der Waals surface area contributed by atoms with Gasteiger partial charge in [0.1, 0.15) is 0 Å². The van der Waals surface area contributed by atoms with Crippen molar-refractivity contribution in [3.8, 4) is 0 Å². The van der Waals surface area contributed by atoms with Gasteiger partial charge in [0.15, 0.2) is 0 Å². The SMILES string of the molecule is Nc1cc(Cl)cc2c1NC(=O)CC2. The molecule has 0 aromatic heterocycles. The number of amides is 1. The zero-order chi connectivity index (χ0) is 9.42. The van der Waals surface area contributed by atoms with E-state index in [9.17, 15) is 4.79 Å². The molecular formula is C9H9ClN2O. The number of rotatable bonds is 0. The van der Waals surface area contributed by atoms with Crippen molar-refractivity contribution in [3.63, 3.8) is 0 Å². The summed E-state index contributed by atoms with van der Waals surface area (Å²) >= 11 is 5.83. The number of benzene rings is 1. The van der Waals surface area contributed by atoms with Crippen molar-refractivity contribution >= 4 is 28.9 Å². The average Bonchev–Trinajstić information content (AvgIpc) is 2.06. The number of aryl methyl sites for hydroxylation is 1. The Bertz CT molecular complexity index is 376. The molecule has 0 atom stereocenters. The number of hydrogen-bond acceptors (Lipinski definition) is 2. The molecule has 0 saturated carbocycles. The normalized spacial score (nSPS) is 15.0. The maximum absolute atomic E-state index is 11.1. The van der Waals surface area contributed by atoms with E-state index >= 15 is 0 Å². The molecule has 1 heterocycles. The summed E-state index contributed by atoms with van der Waals surface area (Å²) in [4.78, 5) is 11.1. The molecule has 1 amide bonds. The summed E-state index contributed by atoms with van der Waals surface area (Å²) in [6.45, 7) is 0. The van der Waals surface area contributed by atoms with Gasteiger partial charge in [0.05, 0.1) is 11.4 Å². The molecule has 0 saturated heterocycles. The molecule has 0 radical (unpaired) electrons. The molecular weight excluding hydrogens is 188 g/mol. The highest BCUT2D eigenvalue weighted by Gasteiger charge is 2.17. The number of nitrogens with one attached hydrogen (secondary N) is 1. The maximum atomic E-state index is 11.1. The monoisotopic (exact) mass is 196 g/mol. The molecule has 3 nitrogen and oxygen atoms in total. The van der Waals surface area contributed by atoms with E-state index in [0.29, 0.717) is 23.6 Å². The second-order valence-electron chi connectivity index (χ2n) is 3.08. The maximum Gasteiger partial charge on any atom is 0.224 e. The fourth-order valence-electron chi connectivity index (χ4n) is 1.49. The lowest BCUT2D eigenvalue weighted by molar-refractivity contribution is -0.116. The molecule has 2 rings (SSSR count). The number of fused-ring (bicyclic) bond motifs is 1. The molecule has 0 fully saturated rings. The van der Waals surface area contributed by atoms with Crippen LogP contribution in [-0.4, -0.2) is 5.91 Å². The zero-order valence-corrected chi connectivity index (χ0v) is 7.69. The van der Waals surface area contributed by atoms with Gasteiger partial charge in [0.2, 0.25) is 5.91 Å². The first-order chi connectivity index (χ1) is 6.16. The van der Waals surface area contributed by atoms with Crippen molar-refractivity contribution in [1.29, 1.82) is 0 Å². The third kappa shape index (κ3) is 1.47. The molecule has 1 aliphatic rings. The van der Waals surface area contributed by atoms with E-state index < -0.39 is 0 Å². The summed E-state index contributed by atoms with van der Waals surface area (Å²) in [5.41, 5.74) is 7.98. The van der Waals surface area contributed by atoms with Crippen molar-refractivity contribution < 1.29 is 4.79 Å². The van der Waals surface area contributed by atoms with E-state index in [0.717, 1.165) is 11.3 Å². The molecule has 3 N–H and O–H groups in total. The number of carbonyl (C=O) groups excluding carboxylic acids is 1. The quantitative estimate of drug-likeness (QED) is 0.622. The van der Waals surface area contributed by atoms with Gasteiger partial charge in [-0.2, -0.15) is 0 Å². The van der Waals surface area contributed by atoms with Crippen molar-refractivity contribution in [2.75, 3.05) is 11.1 Å². The van der Waals surface area contributed by atoms with Gasteiger partial charge < -0.3 is 11.1 Å². The van der Waals surface area contributed by atoms with Gasteiger partial charge in [-0.1, -0.05) is 11.6 Å². The van der Waals surface area contributed by atoms with Crippen molar-refractivity contribution in [2.45, 2.75) is 12.8 Å². The zero-order valence-electron chi connectivity index (χ0n) is 6.93. The molecule has 1 aliphatic heterocycles. The third-order valence-electron chi connectivity index (χ3n) is 2.10. The van der Waals surface area contributed by atoms with Crippen LogP contribution in [0.2, 0.25) is 5.02 Å². The summed E-state index contributed by atoms with van der Waals surface area (Å²) in [5.74, 6) is 0.0153.